The lowest BCUT2D eigenvalue weighted by Crippen LogP contribution is -2.09. The van der Waals surface area contributed by atoms with Crippen molar-refractivity contribution in [2.45, 2.75) is 45.6 Å². The standard InChI is InChI=1S/C17H23N3/c1-12(18-17-11-20(3)19-13(17)2)15-9-8-14-6-4-5-7-16(14)10-15/h8-12,18H,4-7H2,1-3H3. The largest absolute Gasteiger partial charge is 0.376 e. The molecule has 1 aromatic carbocycles. The van der Waals surface area contributed by atoms with E-state index in [0.717, 1.165) is 11.4 Å². The van der Waals surface area contributed by atoms with Gasteiger partial charge < -0.3 is 5.32 Å². The molecule has 3 heteroatoms. The molecule has 1 unspecified atom stereocenters. The van der Waals surface area contributed by atoms with Crippen molar-refractivity contribution in [1.29, 1.82) is 0 Å². The summed E-state index contributed by atoms with van der Waals surface area (Å²) in [6, 6.07) is 7.29. The van der Waals surface area contributed by atoms with E-state index in [1.165, 1.54) is 31.2 Å². The summed E-state index contributed by atoms with van der Waals surface area (Å²) in [6.07, 6.45) is 7.21. The average molecular weight is 269 g/mol. The van der Waals surface area contributed by atoms with Crippen LogP contribution in [0.2, 0.25) is 0 Å². The number of aryl methyl sites for hydroxylation is 4. The van der Waals surface area contributed by atoms with Gasteiger partial charge in [-0.15, -0.1) is 0 Å². The Hall–Kier alpha value is -1.77. The first-order valence-electron chi connectivity index (χ1n) is 7.52. The van der Waals surface area contributed by atoms with Gasteiger partial charge in [-0.05, 0) is 56.2 Å². The highest BCUT2D eigenvalue weighted by molar-refractivity contribution is 5.48. The number of benzene rings is 1. The van der Waals surface area contributed by atoms with Crippen molar-refractivity contribution in [3.8, 4) is 0 Å². The molecule has 0 fully saturated rings. The molecule has 2 aromatic rings. The first-order valence-corrected chi connectivity index (χ1v) is 7.52. The predicted molar refractivity (Wildman–Crippen MR) is 83.1 cm³/mol. The Morgan fingerprint density at radius 3 is 2.65 bits per heavy atom. The van der Waals surface area contributed by atoms with Crippen LogP contribution in [0.3, 0.4) is 0 Å². The van der Waals surface area contributed by atoms with E-state index in [1.807, 2.05) is 24.9 Å². The summed E-state index contributed by atoms with van der Waals surface area (Å²) in [7, 11) is 1.96. The van der Waals surface area contributed by atoms with Gasteiger partial charge in [0.2, 0.25) is 0 Å². The van der Waals surface area contributed by atoms with Gasteiger partial charge in [0.05, 0.1) is 11.4 Å². The summed E-state index contributed by atoms with van der Waals surface area (Å²) in [5.74, 6) is 0. The maximum Gasteiger partial charge on any atom is 0.0825 e. The number of nitrogens with zero attached hydrogens (tertiary/aromatic N) is 2. The first-order chi connectivity index (χ1) is 9.63. The number of nitrogens with one attached hydrogen (secondary N) is 1. The van der Waals surface area contributed by atoms with Gasteiger partial charge in [0.25, 0.3) is 0 Å². The molecule has 0 saturated carbocycles. The van der Waals surface area contributed by atoms with Crippen LogP contribution in [-0.2, 0) is 19.9 Å². The number of hydrogen-bond acceptors (Lipinski definition) is 2. The monoisotopic (exact) mass is 269 g/mol. The third-order valence-corrected chi connectivity index (χ3v) is 4.26. The minimum Gasteiger partial charge on any atom is -0.376 e. The highest BCUT2D eigenvalue weighted by Gasteiger charge is 2.13. The van der Waals surface area contributed by atoms with Crippen molar-refractivity contribution in [1.82, 2.24) is 9.78 Å². The van der Waals surface area contributed by atoms with Crippen LogP contribution in [0.15, 0.2) is 24.4 Å². The summed E-state index contributed by atoms with van der Waals surface area (Å²) in [5.41, 5.74) is 6.64. The molecule has 0 spiro atoms. The van der Waals surface area contributed by atoms with E-state index in [2.05, 4.69) is 35.5 Å². The molecule has 0 bridgehead atoms. The quantitative estimate of drug-likeness (QED) is 0.919. The predicted octanol–water partition coefficient (Wildman–Crippen LogP) is 3.78. The highest BCUT2D eigenvalue weighted by Crippen LogP contribution is 2.27. The van der Waals surface area contributed by atoms with E-state index in [-0.39, 0.29) is 0 Å². The summed E-state index contributed by atoms with van der Waals surface area (Å²) < 4.78 is 1.86. The van der Waals surface area contributed by atoms with Gasteiger partial charge >= 0.3 is 0 Å². The first kappa shape index (κ1) is 13.2. The third kappa shape index (κ3) is 2.58. The van der Waals surface area contributed by atoms with Crippen molar-refractivity contribution < 1.29 is 0 Å². The molecule has 106 valence electrons. The van der Waals surface area contributed by atoms with Crippen LogP contribution in [0, 0.1) is 6.92 Å². The van der Waals surface area contributed by atoms with Crippen LogP contribution < -0.4 is 5.32 Å². The van der Waals surface area contributed by atoms with Gasteiger partial charge in [0, 0.05) is 19.3 Å². The third-order valence-electron chi connectivity index (χ3n) is 4.26. The summed E-state index contributed by atoms with van der Waals surface area (Å²) in [4.78, 5) is 0. The van der Waals surface area contributed by atoms with Crippen molar-refractivity contribution in [2.24, 2.45) is 7.05 Å². The van der Waals surface area contributed by atoms with Crippen LogP contribution in [-0.4, -0.2) is 9.78 Å². The van der Waals surface area contributed by atoms with E-state index in [4.69, 9.17) is 0 Å². The van der Waals surface area contributed by atoms with E-state index in [1.54, 1.807) is 11.1 Å². The van der Waals surface area contributed by atoms with Gasteiger partial charge in [0.15, 0.2) is 0 Å². The fourth-order valence-corrected chi connectivity index (χ4v) is 3.08. The van der Waals surface area contributed by atoms with Gasteiger partial charge in [-0.25, -0.2) is 0 Å². The Kier molecular flexibility index (Phi) is 3.51. The summed E-state index contributed by atoms with van der Waals surface area (Å²) in [5, 5.41) is 7.95. The second-order valence-corrected chi connectivity index (χ2v) is 5.90. The molecule has 1 aromatic heterocycles. The Bertz CT molecular complexity index is 613. The smallest absolute Gasteiger partial charge is 0.0825 e. The normalized spacial score (nSPS) is 15.8. The molecule has 1 aliphatic carbocycles. The van der Waals surface area contributed by atoms with E-state index >= 15 is 0 Å². The van der Waals surface area contributed by atoms with Crippen LogP contribution >= 0.6 is 0 Å². The highest BCUT2D eigenvalue weighted by atomic mass is 15.3. The van der Waals surface area contributed by atoms with Crippen LogP contribution in [0.5, 0.6) is 0 Å². The number of fused-ring (bicyclic) bond motifs is 1. The SMILES string of the molecule is Cc1nn(C)cc1NC(C)c1ccc2c(c1)CCCC2. The van der Waals surface area contributed by atoms with Crippen molar-refractivity contribution in [2.75, 3.05) is 5.32 Å². The molecular formula is C17H23N3. The number of aromatic nitrogens is 2. The molecule has 1 atom stereocenters. The van der Waals surface area contributed by atoms with Crippen LogP contribution in [0.4, 0.5) is 5.69 Å². The Labute approximate surface area is 121 Å². The molecule has 0 saturated heterocycles. The molecular weight excluding hydrogens is 246 g/mol. The van der Waals surface area contributed by atoms with E-state index < -0.39 is 0 Å². The molecule has 0 radical (unpaired) electrons. The lowest BCUT2D eigenvalue weighted by molar-refractivity contribution is 0.683. The lowest BCUT2D eigenvalue weighted by Gasteiger charge is -2.20. The fraction of sp³-hybridized carbons (Fsp3) is 0.471. The molecule has 0 aliphatic heterocycles. The van der Waals surface area contributed by atoms with E-state index in [0.29, 0.717) is 6.04 Å². The lowest BCUT2D eigenvalue weighted by atomic mass is 9.89. The fourth-order valence-electron chi connectivity index (χ4n) is 3.08. The zero-order chi connectivity index (χ0) is 14.1. The Morgan fingerprint density at radius 2 is 1.95 bits per heavy atom. The minimum atomic E-state index is 0.310. The Morgan fingerprint density at radius 1 is 1.20 bits per heavy atom. The zero-order valence-corrected chi connectivity index (χ0v) is 12.6. The van der Waals surface area contributed by atoms with Gasteiger partial charge in [-0.2, -0.15) is 5.10 Å². The number of rotatable bonds is 3. The molecule has 3 nitrogen and oxygen atoms in total. The summed E-state index contributed by atoms with van der Waals surface area (Å²) >= 11 is 0. The van der Waals surface area contributed by atoms with E-state index in [9.17, 15) is 0 Å². The molecule has 20 heavy (non-hydrogen) atoms. The second-order valence-electron chi connectivity index (χ2n) is 5.90. The minimum absolute atomic E-state index is 0.310. The molecule has 1 heterocycles. The maximum absolute atomic E-state index is 4.38. The van der Waals surface area contributed by atoms with Gasteiger partial charge in [-0.3, -0.25) is 4.68 Å². The van der Waals surface area contributed by atoms with Gasteiger partial charge in [0.1, 0.15) is 0 Å². The molecule has 0 amide bonds. The van der Waals surface area contributed by atoms with Crippen molar-refractivity contribution in [3.05, 3.63) is 46.8 Å². The molecule has 1 aliphatic rings. The number of hydrogen-bond donors (Lipinski definition) is 1. The Balaban J connectivity index is 1.80. The average Bonchev–Trinajstić information content (AvgIpc) is 2.76. The topological polar surface area (TPSA) is 29.9 Å². The number of anilines is 1. The maximum atomic E-state index is 4.38. The second kappa shape index (κ2) is 5.31. The van der Waals surface area contributed by atoms with Crippen LogP contribution in [0.1, 0.15) is 48.2 Å². The molecule has 1 N–H and O–H groups in total. The van der Waals surface area contributed by atoms with Crippen LogP contribution in [0.25, 0.3) is 0 Å². The van der Waals surface area contributed by atoms with Crippen molar-refractivity contribution >= 4 is 5.69 Å². The summed E-state index contributed by atoms with van der Waals surface area (Å²) in [6.45, 7) is 4.26. The van der Waals surface area contributed by atoms with Gasteiger partial charge in [-0.1, -0.05) is 18.2 Å². The van der Waals surface area contributed by atoms with Crippen molar-refractivity contribution in [3.63, 3.8) is 0 Å². The zero-order valence-electron chi connectivity index (χ0n) is 12.6. The molecule has 3 rings (SSSR count).